The molecule has 0 bridgehead atoms. The first kappa shape index (κ1) is 14.5. The average molecular weight is 359 g/mol. The van der Waals surface area contributed by atoms with Gasteiger partial charge < -0.3 is 9.25 Å². The lowest BCUT2D eigenvalue weighted by Crippen LogP contribution is -2.04. The largest absolute Gasteiger partial charge is 0.435 e. The Balaban J connectivity index is 1.76. The fourth-order valence-corrected chi connectivity index (χ4v) is 2.08. The normalized spacial score (nSPS) is 11.6. The third-order valence-corrected chi connectivity index (χ3v) is 3.48. The summed E-state index contributed by atoms with van der Waals surface area (Å²) >= 11 is 3.30. The molecule has 0 amide bonds. The molecule has 110 valence electrons. The number of oxazole rings is 1. The van der Waals surface area contributed by atoms with Crippen LogP contribution in [0.25, 0.3) is 11.1 Å². The molecule has 22 heavy (non-hydrogen) atoms. The summed E-state index contributed by atoms with van der Waals surface area (Å²) in [5, 5.41) is 3.79. The number of hydrogen-bond donors (Lipinski definition) is 0. The monoisotopic (exact) mass is 358 g/mol. The first-order chi connectivity index (χ1) is 10.6. The minimum absolute atomic E-state index is 0.324. The summed E-state index contributed by atoms with van der Waals surface area (Å²) in [6, 6.07) is 14.2. The Morgan fingerprint density at radius 2 is 1.91 bits per heavy atom. The van der Waals surface area contributed by atoms with Crippen molar-refractivity contribution >= 4 is 38.7 Å². The molecule has 0 aliphatic heterocycles. The Kier molecular flexibility index (Phi) is 4.02. The van der Waals surface area contributed by atoms with Crippen LogP contribution in [-0.2, 0) is 4.84 Å². The molecular formula is C16H11BrN2O3. The van der Waals surface area contributed by atoms with E-state index >= 15 is 0 Å². The van der Waals surface area contributed by atoms with Crippen molar-refractivity contribution in [2.75, 3.05) is 0 Å². The maximum atomic E-state index is 11.9. The number of para-hydroxylation sites is 2. The number of oxime groups is 1. The van der Waals surface area contributed by atoms with Gasteiger partial charge in [0.25, 0.3) is 0 Å². The van der Waals surface area contributed by atoms with Gasteiger partial charge in [-0.25, -0.2) is 9.78 Å². The maximum absolute atomic E-state index is 11.9. The van der Waals surface area contributed by atoms with Gasteiger partial charge in [-0.05, 0) is 43.3 Å². The Morgan fingerprint density at radius 3 is 2.64 bits per heavy atom. The zero-order chi connectivity index (χ0) is 15.5. The fourth-order valence-electron chi connectivity index (χ4n) is 1.81. The van der Waals surface area contributed by atoms with Crippen molar-refractivity contribution in [3.8, 4) is 0 Å². The van der Waals surface area contributed by atoms with E-state index in [0.717, 1.165) is 9.99 Å². The summed E-state index contributed by atoms with van der Waals surface area (Å²) in [5.41, 5.74) is 2.19. The highest BCUT2D eigenvalue weighted by Gasteiger charge is 2.11. The highest BCUT2D eigenvalue weighted by Crippen LogP contribution is 2.16. The van der Waals surface area contributed by atoms with E-state index in [1.54, 1.807) is 31.2 Å². The van der Waals surface area contributed by atoms with Gasteiger partial charge in [-0.3, -0.25) is 0 Å². The number of carbonyl (C=O) groups excluding carboxylic acids is 1. The quantitative estimate of drug-likeness (QED) is 0.400. The standard InChI is InChI=1S/C16H11BrN2O3/c1-10(15-18-13-4-2-3-5-14(13)21-15)19-22-16(20)11-6-8-12(17)9-7-11/h2-9H,1H3/b19-10+. The molecule has 3 aromatic rings. The first-order valence-electron chi connectivity index (χ1n) is 6.51. The predicted molar refractivity (Wildman–Crippen MR) is 85.8 cm³/mol. The van der Waals surface area contributed by atoms with Gasteiger partial charge in [0.2, 0.25) is 5.89 Å². The van der Waals surface area contributed by atoms with E-state index in [4.69, 9.17) is 9.25 Å². The number of carbonyl (C=O) groups is 1. The molecule has 0 spiro atoms. The lowest BCUT2D eigenvalue weighted by Gasteiger charge is -1.99. The number of benzene rings is 2. The van der Waals surface area contributed by atoms with Gasteiger partial charge in [0, 0.05) is 4.47 Å². The lowest BCUT2D eigenvalue weighted by molar-refractivity contribution is 0.0516. The van der Waals surface area contributed by atoms with Crippen LogP contribution in [0.1, 0.15) is 23.2 Å². The molecule has 1 heterocycles. The number of halogens is 1. The molecule has 3 rings (SSSR count). The minimum atomic E-state index is -0.539. The minimum Gasteiger partial charge on any atom is -0.435 e. The van der Waals surface area contributed by atoms with E-state index in [9.17, 15) is 4.79 Å². The highest BCUT2D eigenvalue weighted by atomic mass is 79.9. The van der Waals surface area contributed by atoms with Crippen molar-refractivity contribution in [1.29, 1.82) is 0 Å². The summed E-state index contributed by atoms with van der Waals surface area (Å²) in [6.07, 6.45) is 0. The molecule has 2 aromatic carbocycles. The van der Waals surface area contributed by atoms with Crippen LogP contribution in [0.15, 0.2) is 62.6 Å². The van der Waals surface area contributed by atoms with Gasteiger partial charge in [0.1, 0.15) is 11.2 Å². The van der Waals surface area contributed by atoms with E-state index in [-0.39, 0.29) is 0 Å². The summed E-state index contributed by atoms with van der Waals surface area (Å²) in [6.45, 7) is 1.67. The van der Waals surface area contributed by atoms with Crippen LogP contribution in [0.2, 0.25) is 0 Å². The van der Waals surface area contributed by atoms with E-state index in [1.165, 1.54) is 0 Å². The highest BCUT2D eigenvalue weighted by molar-refractivity contribution is 9.10. The molecule has 5 nitrogen and oxygen atoms in total. The summed E-state index contributed by atoms with van der Waals surface area (Å²) in [4.78, 5) is 21.1. The average Bonchev–Trinajstić information content (AvgIpc) is 2.97. The van der Waals surface area contributed by atoms with E-state index in [0.29, 0.717) is 22.7 Å². The van der Waals surface area contributed by atoms with Crippen molar-refractivity contribution < 1.29 is 14.0 Å². The van der Waals surface area contributed by atoms with E-state index in [1.807, 2.05) is 24.3 Å². The van der Waals surface area contributed by atoms with Gasteiger partial charge in [-0.15, -0.1) is 0 Å². The Bertz CT molecular complexity index is 820. The van der Waals surface area contributed by atoms with Gasteiger partial charge in [0.05, 0.1) is 5.56 Å². The third kappa shape index (κ3) is 3.07. The van der Waals surface area contributed by atoms with Gasteiger partial charge in [-0.1, -0.05) is 33.2 Å². The third-order valence-electron chi connectivity index (χ3n) is 2.95. The molecule has 0 atom stereocenters. The molecule has 0 saturated carbocycles. The Labute approximate surface area is 134 Å². The van der Waals surface area contributed by atoms with Crippen LogP contribution in [0.5, 0.6) is 0 Å². The lowest BCUT2D eigenvalue weighted by atomic mass is 10.2. The smallest absolute Gasteiger partial charge is 0.365 e. The van der Waals surface area contributed by atoms with Crippen molar-refractivity contribution in [2.24, 2.45) is 5.16 Å². The van der Waals surface area contributed by atoms with Crippen molar-refractivity contribution in [3.63, 3.8) is 0 Å². The van der Waals surface area contributed by atoms with Crippen molar-refractivity contribution in [2.45, 2.75) is 6.92 Å². The van der Waals surface area contributed by atoms with Crippen LogP contribution in [0.3, 0.4) is 0 Å². The second-order valence-corrected chi connectivity index (χ2v) is 5.46. The molecule has 6 heteroatoms. The molecule has 0 fully saturated rings. The molecule has 1 aromatic heterocycles. The summed E-state index contributed by atoms with van der Waals surface area (Å²) in [5.74, 6) is -0.215. The summed E-state index contributed by atoms with van der Waals surface area (Å²) < 4.78 is 6.43. The molecule has 0 N–H and O–H groups in total. The van der Waals surface area contributed by atoms with Crippen LogP contribution < -0.4 is 0 Å². The molecule has 0 unspecified atom stereocenters. The second-order valence-electron chi connectivity index (χ2n) is 4.55. The molecule has 0 aliphatic carbocycles. The van der Waals surface area contributed by atoms with E-state index < -0.39 is 5.97 Å². The molecular weight excluding hydrogens is 348 g/mol. The topological polar surface area (TPSA) is 64.7 Å². The Hall–Kier alpha value is -2.47. The SMILES string of the molecule is C/C(=N\OC(=O)c1ccc(Br)cc1)c1nc2ccccc2o1. The zero-order valence-corrected chi connectivity index (χ0v) is 13.2. The number of aromatic nitrogens is 1. The van der Waals surface area contributed by atoms with Gasteiger partial charge in [0.15, 0.2) is 5.58 Å². The molecule has 0 saturated heterocycles. The van der Waals surface area contributed by atoms with Gasteiger partial charge >= 0.3 is 5.97 Å². The van der Waals surface area contributed by atoms with Crippen LogP contribution in [0, 0.1) is 0 Å². The second kappa shape index (κ2) is 6.11. The number of hydrogen-bond acceptors (Lipinski definition) is 5. The fraction of sp³-hybridized carbons (Fsp3) is 0.0625. The molecule has 0 aliphatic rings. The number of nitrogens with zero attached hydrogens (tertiary/aromatic N) is 2. The van der Waals surface area contributed by atoms with Gasteiger partial charge in [-0.2, -0.15) is 0 Å². The van der Waals surface area contributed by atoms with Crippen LogP contribution in [-0.4, -0.2) is 16.7 Å². The van der Waals surface area contributed by atoms with Crippen LogP contribution in [0.4, 0.5) is 0 Å². The summed E-state index contributed by atoms with van der Waals surface area (Å²) in [7, 11) is 0. The van der Waals surface area contributed by atoms with Crippen molar-refractivity contribution in [1.82, 2.24) is 4.98 Å². The van der Waals surface area contributed by atoms with Crippen LogP contribution >= 0.6 is 15.9 Å². The maximum Gasteiger partial charge on any atom is 0.365 e. The number of fused-ring (bicyclic) bond motifs is 1. The van der Waals surface area contributed by atoms with Crippen molar-refractivity contribution in [3.05, 3.63) is 64.5 Å². The Morgan fingerprint density at radius 1 is 1.18 bits per heavy atom. The first-order valence-corrected chi connectivity index (χ1v) is 7.30. The molecule has 0 radical (unpaired) electrons. The predicted octanol–water partition coefficient (Wildman–Crippen LogP) is 4.17. The zero-order valence-electron chi connectivity index (χ0n) is 11.6. The van der Waals surface area contributed by atoms with E-state index in [2.05, 4.69) is 26.1 Å². The number of rotatable bonds is 3.